The lowest BCUT2D eigenvalue weighted by Gasteiger charge is -2.43. The Hall–Kier alpha value is -5.58. The fourth-order valence-electron chi connectivity index (χ4n) is 13.2. The summed E-state index contributed by atoms with van der Waals surface area (Å²) in [4.78, 5) is 0. The highest BCUT2D eigenvalue weighted by Crippen LogP contribution is 2.45. The minimum absolute atomic E-state index is 0.102. The van der Waals surface area contributed by atoms with Crippen LogP contribution in [0.3, 0.4) is 0 Å². The van der Waals surface area contributed by atoms with Gasteiger partial charge in [0.25, 0.3) is 6.71 Å². The normalized spacial score (nSPS) is 14.9. The van der Waals surface area contributed by atoms with Gasteiger partial charge in [-0.1, -0.05) is 156 Å². The molecule has 9 aromatic rings. The largest absolute Gasteiger partial charge is 0.310 e. The first-order valence-corrected chi connectivity index (χ1v) is 26.5. The lowest BCUT2D eigenvalue weighted by Crippen LogP contribution is -2.77. The van der Waals surface area contributed by atoms with Crippen molar-refractivity contribution in [3.05, 3.63) is 137 Å². The van der Waals surface area contributed by atoms with E-state index in [9.17, 15) is 0 Å². The van der Waals surface area contributed by atoms with E-state index in [-0.39, 0.29) is 6.71 Å². The van der Waals surface area contributed by atoms with Gasteiger partial charge in [0, 0.05) is 44.0 Å². The number of nitrogens with zero attached hydrogens (tertiary/aromatic N) is 2. The zero-order valence-corrected chi connectivity index (χ0v) is 40.8. The molecule has 64 heavy (non-hydrogen) atoms. The number of hydrogen-bond donors (Lipinski definition) is 0. The molecule has 4 heteroatoms. The van der Waals surface area contributed by atoms with E-state index in [2.05, 4.69) is 195 Å². The molecule has 13 rings (SSSR count). The van der Waals surface area contributed by atoms with Gasteiger partial charge in [0.2, 0.25) is 0 Å². The Morgan fingerprint density at radius 3 is 1.50 bits per heavy atom. The molecule has 0 bridgehead atoms. The predicted molar refractivity (Wildman–Crippen MR) is 280 cm³/mol. The maximum atomic E-state index is 2.84. The van der Waals surface area contributed by atoms with Crippen molar-refractivity contribution in [2.24, 2.45) is 0 Å². The van der Waals surface area contributed by atoms with Gasteiger partial charge in [0.05, 0.1) is 11.0 Å². The highest BCUT2D eigenvalue weighted by molar-refractivity contribution is 7.24. The molecule has 2 aromatic heterocycles. The second-order valence-electron chi connectivity index (χ2n) is 22.0. The van der Waals surface area contributed by atoms with E-state index < -0.39 is 8.07 Å². The van der Waals surface area contributed by atoms with E-state index in [0.717, 1.165) is 0 Å². The summed E-state index contributed by atoms with van der Waals surface area (Å²) in [6.45, 7) is 28.7. The van der Waals surface area contributed by atoms with Crippen LogP contribution in [0.1, 0.15) is 152 Å². The Kier molecular flexibility index (Phi) is 7.78. The van der Waals surface area contributed by atoms with Gasteiger partial charge in [-0.3, -0.25) is 0 Å². The first-order valence-electron chi connectivity index (χ1n) is 24.5. The molecular weight excluding hydrogens is 788 g/mol. The van der Waals surface area contributed by atoms with Gasteiger partial charge >= 0.3 is 0 Å². The van der Waals surface area contributed by atoms with E-state index in [0.29, 0.717) is 35.5 Å². The Labute approximate surface area is 380 Å². The number of hydrogen-bond acceptors (Lipinski definition) is 0. The Balaban J connectivity index is 1.32. The quantitative estimate of drug-likeness (QED) is 0.148. The maximum absolute atomic E-state index is 2.98. The van der Waals surface area contributed by atoms with Crippen molar-refractivity contribution in [1.82, 2.24) is 9.13 Å². The van der Waals surface area contributed by atoms with E-state index in [4.69, 9.17) is 0 Å². The highest BCUT2D eigenvalue weighted by Gasteiger charge is 2.56. The van der Waals surface area contributed by atoms with Crippen LogP contribution in [0.25, 0.3) is 66.1 Å². The van der Waals surface area contributed by atoms with Crippen LogP contribution in [0.2, 0.25) is 0 Å². The summed E-state index contributed by atoms with van der Waals surface area (Å²) >= 11 is 0. The van der Waals surface area contributed by atoms with Crippen molar-refractivity contribution in [2.75, 3.05) is 0 Å². The lowest BCUT2D eigenvalue weighted by atomic mass is 9.34. The fraction of sp³-hybridized carbons (Fsp3) is 0.300. The zero-order valence-electron chi connectivity index (χ0n) is 39.8. The van der Waals surface area contributed by atoms with Crippen LogP contribution in [0, 0.1) is 0 Å². The summed E-state index contributed by atoms with van der Waals surface area (Å²) in [5.41, 5.74) is 24.5. The molecule has 0 aliphatic carbocycles. The minimum atomic E-state index is -2.98. The molecule has 0 N–H and O–H groups in total. The van der Waals surface area contributed by atoms with Crippen molar-refractivity contribution >= 4 is 95.5 Å². The van der Waals surface area contributed by atoms with Crippen molar-refractivity contribution < 1.29 is 0 Å². The molecule has 0 fully saturated rings. The predicted octanol–water partition coefficient (Wildman–Crippen LogP) is 11.4. The number of fused-ring (bicyclic) bond motifs is 14. The first-order chi connectivity index (χ1) is 30.7. The average Bonchev–Trinajstić information content (AvgIpc) is 3.89. The molecule has 0 unspecified atom stereocenters. The van der Waals surface area contributed by atoms with Gasteiger partial charge in [-0.25, -0.2) is 0 Å². The molecule has 316 valence electrons. The summed E-state index contributed by atoms with van der Waals surface area (Å²) < 4.78 is 5.55. The smallest absolute Gasteiger partial charge is 0.252 e. The molecule has 0 atom stereocenters. The van der Waals surface area contributed by atoms with Crippen LogP contribution >= 0.6 is 0 Å². The molecule has 0 saturated heterocycles. The summed E-state index contributed by atoms with van der Waals surface area (Å²) in [5, 5.41) is 12.1. The van der Waals surface area contributed by atoms with E-state index in [1.165, 1.54) is 116 Å². The first kappa shape index (κ1) is 38.8. The van der Waals surface area contributed by atoms with Gasteiger partial charge in [-0.15, -0.1) is 0 Å². The maximum Gasteiger partial charge on any atom is 0.252 e. The van der Waals surface area contributed by atoms with Crippen LogP contribution < -0.4 is 37.1 Å². The Bertz CT molecular complexity index is 3530. The van der Waals surface area contributed by atoms with Crippen LogP contribution in [0.5, 0.6) is 0 Å². The monoisotopic (exact) mass is 846 g/mol. The second kappa shape index (κ2) is 12.8. The SMILES string of the molecule is CC(C)c1ccc2c(c1)[Si]1(c3cc(C(C)C)ccc3-2)c2ccc3c4c2-n2c5c(cc(C(C)C)cc5c5cc(C(C)C)cc1c52)B4c1cc(C(C)C)cc2c4c(C(C)C)cccc4n-3c12. The standard InChI is InChI=1S/C60H59BN2Si/c1-30(2)36-16-18-42-43-19-17-37(31(3)4)28-53(43)64(52(42)27-36)51-21-20-50-56-60(51)63-57-44(45-23-40(34(9)10)29-54(64)59(45)63)22-38(32(5)6)25-47(57)61(56)48-26-39(33(7)8)24-46-55-41(35(11)12)14-13-15-49(55)62(50)58(46)48/h13-35H,1-12H3. The Morgan fingerprint density at radius 1 is 0.422 bits per heavy atom. The van der Waals surface area contributed by atoms with Crippen LogP contribution in [-0.2, 0) is 0 Å². The molecule has 0 saturated carbocycles. The molecule has 7 aromatic carbocycles. The molecular formula is C60H59BN2Si. The number of aromatic nitrogens is 2. The zero-order chi connectivity index (χ0) is 44.2. The Morgan fingerprint density at radius 2 is 0.938 bits per heavy atom. The fourth-order valence-corrected chi connectivity index (χ4v) is 18.9. The van der Waals surface area contributed by atoms with Gasteiger partial charge < -0.3 is 9.13 Å². The van der Waals surface area contributed by atoms with Gasteiger partial charge in [-0.05, 0) is 147 Å². The summed E-state index contributed by atoms with van der Waals surface area (Å²) in [6, 6.07) is 43.4. The molecule has 1 spiro atoms. The minimum Gasteiger partial charge on any atom is -0.310 e. The molecule has 0 radical (unpaired) electrons. The van der Waals surface area contributed by atoms with E-state index >= 15 is 0 Å². The van der Waals surface area contributed by atoms with Crippen LogP contribution in [0.15, 0.2) is 103 Å². The topological polar surface area (TPSA) is 9.86 Å². The van der Waals surface area contributed by atoms with Crippen molar-refractivity contribution in [1.29, 1.82) is 0 Å². The molecule has 0 amide bonds. The van der Waals surface area contributed by atoms with Gasteiger partial charge in [0.1, 0.15) is 0 Å². The van der Waals surface area contributed by atoms with Crippen molar-refractivity contribution in [2.45, 2.75) is 119 Å². The summed E-state index contributed by atoms with van der Waals surface area (Å²) in [7, 11) is -2.98. The highest BCUT2D eigenvalue weighted by atomic mass is 28.3. The van der Waals surface area contributed by atoms with Gasteiger partial charge in [0.15, 0.2) is 8.07 Å². The second-order valence-corrected chi connectivity index (χ2v) is 25.7. The van der Waals surface area contributed by atoms with Gasteiger partial charge in [-0.2, -0.15) is 0 Å². The molecule has 4 aliphatic rings. The molecule has 2 nitrogen and oxygen atoms in total. The average molecular weight is 847 g/mol. The van der Waals surface area contributed by atoms with Crippen LogP contribution in [-0.4, -0.2) is 23.9 Å². The summed E-state index contributed by atoms with van der Waals surface area (Å²) in [5.74, 6) is 2.46. The number of benzene rings is 7. The third kappa shape index (κ3) is 4.54. The number of rotatable bonds is 6. The van der Waals surface area contributed by atoms with E-state index in [1.807, 2.05) is 0 Å². The molecule has 6 heterocycles. The molecule has 4 aliphatic heterocycles. The van der Waals surface area contributed by atoms with Crippen molar-refractivity contribution in [3.63, 3.8) is 0 Å². The van der Waals surface area contributed by atoms with Crippen LogP contribution in [0.4, 0.5) is 0 Å². The van der Waals surface area contributed by atoms with E-state index in [1.54, 1.807) is 20.7 Å². The third-order valence-corrected chi connectivity index (χ3v) is 21.4. The summed E-state index contributed by atoms with van der Waals surface area (Å²) in [6.07, 6.45) is 0. The van der Waals surface area contributed by atoms with Crippen molar-refractivity contribution in [3.8, 4) is 22.5 Å². The lowest BCUT2D eigenvalue weighted by molar-refractivity contribution is 0.868. The third-order valence-electron chi connectivity index (χ3n) is 16.5.